The van der Waals surface area contributed by atoms with E-state index < -0.39 is 0 Å². The third kappa shape index (κ3) is 3.23. The fourth-order valence-corrected chi connectivity index (χ4v) is 2.80. The number of anilines is 2. The second-order valence-electron chi connectivity index (χ2n) is 5.96. The SMILES string of the molecule is Cc1cc(C#N)ccc1-c1cnnc(NCc2n[nH]c3nc(N)ccc23)n1. The van der Waals surface area contributed by atoms with Gasteiger partial charge in [0, 0.05) is 10.9 Å². The molecule has 1 aromatic carbocycles. The maximum Gasteiger partial charge on any atom is 0.243 e. The Morgan fingerprint density at radius 3 is 2.93 bits per heavy atom. The molecular weight excluding hydrogens is 342 g/mol. The number of pyridine rings is 1. The van der Waals surface area contributed by atoms with Crippen LogP contribution in [-0.4, -0.2) is 30.4 Å². The molecule has 0 fully saturated rings. The van der Waals surface area contributed by atoms with Gasteiger partial charge in [-0.15, -0.1) is 5.10 Å². The molecule has 0 aliphatic rings. The highest BCUT2D eigenvalue weighted by Crippen LogP contribution is 2.22. The second kappa shape index (κ2) is 6.68. The van der Waals surface area contributed by atoms with Crippen LogP contribution in [0.5, 0.6) is 0 Å². The smallest absolute Gasteiger partial charge is 0.243 e. The predicted octanol–water partition coefficient (Wildman–Crippen LogP) is 2.18. The van der Waals surface area contributed by atoms with Crippen LogP contribution in [-0.2, 0) is 6.54 Å². The summed E-state index contributed by atoms with van der Waals surface area (Å²) in [6, 6.07) is 11.2. The summed E-state index contributed by atoms with van der Waals surface area (Å²) < 4.78 is 0. The van der Waals surface area contributed by atoms with Gasteiger partial charge in [-0.05, 0) is 36.8 Å². The van der Waals surface area contributed by atoms with Crippen molar-refractivity contribution in [3.63, 3.8) is 0 Å². The molecule has 4 aromatic rings. The van der Waals surface area contributed by atoms with Crippen LogP contribution in [0.25, 0.3) is 22.3 Å². The van der Waals surface area contributed by atoms with Crippen LogP contribution in [0.4, 0.5) is 11.8 Å². The van der Waals surface area contributed by atoms with E-state index in [0.29, 0.717) is 35.2 Å². The molecule has 0 aliphatic heterocycles. The summed E-state index contributed by atoms with van der Waals surface area (Å²) in [5, 5.41) is 28.2. The Bertz CT molecular complexity index is 1170. The maximum atomic E-state index is 9.00. The quantitative estimate of drug-likeness (QED) is 0.504. The minimum Gasteiger partial charge on any atom is -0.384 e. The summed E-state index contributed by atoms with van der Waals surface area (Å²) >= 11 is 0. The van der Waals surface area contributed by atoms with E-state index in [1.807, 2.05) is 25.1 Å². The highest BCUT2D eigenvalue weighted by molar-refractivity contribution is 5.79. The first-order valence-corrected chi connectivity index (χ1v) is 8.18. The van der Waals surface area contributed by atoms with Gasteiger partial charge in [0.1, 0.15) is 5.82 Å². The van der Waals surface area contributed by atoms with Crippen LogP contribution in [0, 0.1) is 18.3 Å². The highest BCUT2D eigenvalue weighted by Gasteiger charge is 2.10. The van der Waals surface area contributed by atoms with Crippen molar-refractivity contribution in [3.8, 4) is 17.3 Å². The molecule has 9 nitrogen and oxygen atoms in total. The van der Waals surface area contributed by atoms with Gasteiger partial charge in [-0.3, -0.25) is 5.10 Å². The number of aryl methyl sites for hydroxylation is 1. The van der Waals surface area contributed by atoms with Gasteiger partial charge in [-0.25, -0.2) is 9.97 Å². The molecule has 0 saturated carbocycles. The number of hydrogen-bond donors (Lipinski definition) is 3. The highest BCUT2D eigenvalue weighted by atomic mass is 15.2. The lowest BCUT2D eigenvalue weighted by Gasteiger charge is -2.07. The second-order valence-corrected chi connectivity index (χ2v) is 5.96. The van der Waals surface area contributed by atoms with Crippen molar-refractivity contribution in [1.29, 1.82) is 5.26 Å². The lowest BCUT2D eigenvalue weighted by Crippen LogP contribution is -2.06. The number of hydrogen-bond acceptors (Lipinski definition) is 8. The average molecular weight is 357 g/mol. The monoisotopic (exact) mass is 357 g/mol. The van der Waals surface area contributed by atoms with E-state index in [9.17, 15) is 0 Å². The fourth-order valence-electron chi connectivity index (χ4n) is 2.80. The Morgan fingerprint density at radius 1 is 1.22 bits per heavy atom. The van der Waals surface area contributed by atoms with Crippen LogP contribution in [0.15, 0.2) is 36.5 Å². The number of nitrogens with one attached hydrogen (secondary N) is 2. The number of H-pyrrole nitrogens is 1. The van der Waals surface area contributed by atoms with E-state index in [4.69, 9.17) is 11.0 Å². The number of fused-ring (bicyclic) bond motifs is 1. The molecule has 0 saturated heterocycles. The zero-order valence-corrected chi connectivity index (χ0v) is 14.4. The number of nitrogens with zero attached hydrogens (tertiary/aromatic N) is 6. The number of nitrogens with two attached hydrogens (primary N) is 1. The number of aromatic amines is 1. The van der Waals surface area contributed by atoms with Crippen LogP contribution in [0.1, 0.15) is 16.8 Å². The number of nitrogen functional groups attached to an aromatic ring is 1. The van der Waals surface area contributed by atoms with Gasteiger partial charge < -0.3 is 11.1 Å². The zero-order chi connectivity index (χ0) is 18.8. The third-order valence-electron chi connectivity index (χ3n) is 4.13. The van der Waals surface area contributed by atoms with Crippen molar-refractivity contribution in [2.24, 2.45) is 0 Å². The number of nitriles is 1. The molecular formula is C18H15N9. The van der Waals surface area contributed by atoms with Crippen LogP contribution in [0.3, 0.4) is 0 Å². The van der Waals surface area contributed by atoms with E-state index in [2.05, 4.69) is 41.7 Å². The molecule has 0 bridgehead atoms. The molecule has 0 atom stereocenters. The summed E-state index contributed by atoms with van der Waals surface area (Å²) in [6.45, 7) is 2.34. The molecule has 0 spiro atoms. The van der Waals surface area contributed by atoms with E-state index in [1.165, 1.54) is 0 Å². The Morgan fingerprint density at radius 2 is 2.11 bits per heavy atom. The first kappa shape index (κ1) is 16.4. The van der Waals surface area contributed by atoms with Gasteiger partial charge in [0.15, 0.2) is 5.65 Å². The van der Waals surface area contributed by atoms with Crippen molar-refractivity contribution < 1.29 is 0 Å². The normalized spacial score (nSPS) is 10.7. The Hall–Kier alpha value is -4.06. The molecule has 0 aliphatic carbocycles. The lowest BCUT2D eigenvalue weighted by molar-refractivity contribution is 0.926. The molecule has 132 valence electrons. The van der Waals surface area contributed by atoms with Crippen molar-refractivity contribution in [2.45, 2.75) is 13.5 Å². The van der Waals surface area contributed by atoms with Crippen molar-refractivity contribution in [1.82, 2.24) is 30.4 Å². The maximum absolute atomic E-state index is 9.00. The minimum atomic E-state index is 0.385. The zero-order valence-electron chi connectivity index (χ0n) is 14.4. The molecule has 27 heavy (non-hydrogen) atoms. The van der Waals surface area contributed by atoms with Crippen molar-refractivity contribution in [3.05, 3.63) is 53.3 Å². The summed E-state index contributed by atoms with van der Waals surface area (Å²) in [4.78, 5) is 8.71. The molecule has 0 unspecified atom stereocenters. The summed E-state index contributed by atoms with van der Waals surface area (Å²) in [6.07, 6.45) is 1.59. The van der Waals surface area contributed by atoms with Gasteiger partial charge in [-0.2, -0.15) is 15.5 Å². The number of aromatic nitrogens is 6. The lowest BCUT2D eigenvalue weighted by atomic mass is 10.0. The van der Waals surface area contributed by atoms with E-state index in [-0.39, 0.29) is 0 Å². The van der Waals surface area contributed by atoms with Gasteiger partial charge in [0.2, 0.25) is 5.95 Å². The molecule has 4 rings (SSSR count). The Balaban J connectivity index is 1.57. The van der Waals surface area contributed by atoms with Crippen molar-refractivity contribution >= 4 is 22.8 Å². The molecule has 0 radical (unpaired) electrons. The topological polar surface area (TPSA) is 142 Å². The average Bonchev–Trinajstić information content (AvgIpc) is 3.08. The molecule has 4 N–H and O–H groups in total. The van der Waals surface area contributed by atoms with Crippen molar-refractivity contribution in [2.75, 3.05) is 11.1 Å². The largest absolute Gasteiger partial charge is 0.384 e. The minimum absolute atomic E-state index is 0.385. The van der Waals surface area contributed by atoms with E-state index >= 15 is 0 Å². The van der Waals surface area contributed by atoms with Gasteiger partial charge in [0.05, 0.1) is 35.8 Å². The third-order valence-corrected chi connectivity index (χ3v) is 4.13. The number of rotatable bonds is 4. The van der Waals surface area contributed by atoms with Gasteiger partial charge >= 0.3 is 0 Å². The van der Waals surface area contributed by atoms with Crippen LogP contribution in [0.2, 0.25) is 0 Å². The summed E-state index contributed by atoms with van der Waals surface area (Å²) in [5.74, 6) is 0.819. The van der Waals surface area contributed by atoms with E-state index in [1.54, 1.807) is 18.3 Å². The Labute approximate surface area is 154 Å². The molecule has 3 aromatic heterocycles. The molecule has 3 heterocycles. The number of benzene rings is 1. The fraction of sp³-hybridized carbons (Fsp3) is 0.111. The van der Waals surface area contributed by atoms with Gasteiger partial charge in [0.25, 0.3) is 0 Å². The van der Waals surface area contributed by atoms with Crippen LogP contribution < -0.4 is 11.1 Å². The molecule has 0 amide bonds. The predicted molar refractivity (Wildman–Crippen MR) is 100 cm³/mol. The first-order chi connectivity index (χ1) is 13.1. The first-order valence-electron chi connectivity index (χ1n) is 8.18. The summed E-state index contributed by atoms with van der Waals surface area (Å²) in [5.41, 5.74) is 10.2. The van der Waals surface area contributed by atoms with Gasteiger partial charge in [-0.1, -0.05) is 6.07 Å². The van der Waals surface area contributed by atoms with Crippen LogP contribution >= 0.6 is 0 Å². The van der Waals surface area contributed by atoms with E-state index in [0.717, 1.165) is 22.2 Å². The standard InChI is InChI=1S/C18H15N9/c1-10-6-11(7-19)2-3-12(10)14-9-22-27-18(23-14)21-8-15-13-4-5-16(20)24-17(13)26-25-15/h2-6,9H,8H2,1H3,(H,21,23,27)(H3,20,24,25,26). The Kier molecular flexibility index (Phi) is 4.06. The molecule has 9 heteroatoms. The summed E-state index contributed by atoms with van der Waals surface area (Å²) in [7, 11) is 0.